The highest BCUT2D eigenvalue weighted by atomic mass is 19.2. The van der Waals surface area contributed by atoms with Crippen LogP contribution in [-0.2, 0) is 9.53 Å². The fourth-order valence-electron chi connectivity index (χ4n) is 1.82. The van der Waals surface area contributed by atoms with Crippen LogP contribution in [0.4, 0.5) is 18.9 Å². The normalized spacial score (nSPS) is 11.3. The van der Waals surface area contributed by atoms with Gasteiger partial charge in [-0.1, -0.05) is 0 Å². The molecule has 1 amide bonds. The van der Waals surface area contributed by atoms with Gasteiger partial charge < -0.3 is 10.1 Å². The van der Waals surface area contributed by atoms with E-state index in [-0.39, 0.29) is 5.56 Å². The lowest BCUT2D eigenvalue weighted by molar-refractivity contribution is -0.123. The number of anilines is 1. The van der Waals surface area contributed by atoms with Crippen LogP contribution in [0.3, 0.4) is 0 Å². The Morgan fingerprint density at radius 2 is 1.72 bits per heavy atom. The van der Waals surface area contributed by atoms with E-state index in [1.165, 1.54) is 31.2 Å². The molecule has 8 heteroatoms. The molecule has 0 saturated carbocycles. The maximum absolute atomic E-state index is 13.5. The number of halogens is 3. The lowest BCUT2D eigenvalue weighted by atomic mass is 10.1. The second-order valence-electron chi connectivity index (χ2n) is 4.95. The highest BCUT2D eigenvalue weighted by Gasteiger charge is 2.22. The highest BCUT2D eigenvalue weighted by Crippen LogP contribution is 2.20. The summed E-state index contributed by atoms with van der Waals surface area (Å²) in [6.45, 7) is 1.23. The van der Waals surface area contributed by atoms with E-state index in [9.17, 15) is 22.8 Å². The van der Waals surface area contributed by atoms with Crippen molar-refractivity contribution in [1.82, 2.24) is 0 Å². The van der Waals surface area contributed by atoms with Gasteiger partial charge in [0.05, 0.1) is 22.9 Å². The van der Waals surface area contributed by atoms with Crippen molar-refractivity contribution in [3.05, 3.63) is 65.0 Å². The van der Waals surface area contributed by atoms with Gasteiger partial charge in [0.25, 0.3) is 5.91 Å². The van der Waals surface area contributed by atoms with Crippen molar-refractivity contribution < 1.29 is 27.5 Å². The number of hydrogen-bond acceptors (Lipinski definition) is 4. The molecule has 1 atom stereocenters. The van der Waals surface area contributed by atoms with E-state index in [1.54, 1.807) is 0 Å². The third-order valence-corrected chi connectivity index (χ3v) is 3.20. The third kappa shape index (κ3) is 4.14. The molecule has 0 aliphatic heterocycles. The average molecular weight is 348 g/mol. The van der Waals surface area contributed by atoms with Gasteiger partial charge >= 0.3 is 5.97 Å². The van der Waals surface area contributed by atoms with Gasteiger partial charge in [0.1, 0.15) is 0 Å². The van der Waals surface area contributed by atoms with Crippen LogP contribution in [0.15, 0.2) is 36.4 Å². The number of rotatable bonds is 4. The zero-order valence-corrected chi connectivity index (χ0v) is 12.8. The molecule has 0 fully saturated rings. The molecule has 0 aliphatic carbocycles. The van der Waals surface area contributed by atoms with E-state index in [0.29, 0.717) is 11.6 Å². The lowest BCUT2D eigenvalue weighted by Gasteiger charge is -2.14. The molecule has 0 unspecified atom stereocenters. The van der Waals surface area contributed by atoms with Gasteiger partial charge in [-0.3, -0.25) is 4.79 Å². The van der Waals surface area contributed by atoms with Gasteiger partial charge in [-0.25, -0.2) is 18.0 Å². The third-order valence-electron chi connectivity index (χ3n) is 3.20. The van der Waals surface area contributed by atoms with Gasteiger partial charge in [0.15, 0.2) is 23.6 Å². The van der Waals surface area contributed by atoms with Crippen LogP contribution in [0.25, 0.3) is 0 Å². The Bertz CT molecular complexity index is 861. The molecule has 0 aromatic heterocycles. The van der Waals surface area contributed by atoms with Crippen molar-refractivity contribution in [2.45, 2.75) is 13.0 Å². The van der Waals surface area contributed by atoms with Crippen LogP contribution in [0, 0.1) is 28.8 Å². The zero-order chi connectivity index (χ0) is 18.6. The van der Waals surface area contributed by atoms with Crippen molar-refractivity contribution in [3.63, 3.8) is 0 Å². The van der Waals surface area contributed by atoms with Crippen LogP contribution >= 0.6 is 0 Å². The Hall–Kier alpha value is -3.34. The summed E-state index contributed by atoms with van der Waals surface area (Å²) in [7, 11) is 0. The minimum Gasteiger partial charge on any atom is -0.449 e. The molecule has 5 nitrogen and oxygen atoms in total. The van der Waals surface area contributed by atoms with Crippen LogP contribution < -0.4 is 5.32 Å². The smallest absolute Gasteiger partial charge is 0.338 e. The van der Waals surface area contributed by atoms with Crippen LogP contribution in [0.5, 0.6) is 0 Å². The molecule has 0 spiro atoms. The fourth-order valence-corrected chi connectivity index (χ4v) is 1.82. The summed E-state index contributed by atoms with van der Waals surface area (Å²) in [6, 6.07) is 8.88. The second kappa shape index (κ2) is 7.49. The first-order valence-corrected chi connectivity index (χ1v) is 6.99. The minimum atomic E-state index is -1.72. The Morgan fingerprint density at radius 3 is 2.32 bits per heavy atom. The summed E-state index contributed by atoms with van der Waals surface area (Å²) < 4.78 is 44.4. The lowest BCUT2D eigenvalue weighted by Crippen LogP contribution is -2.30. The molecular weight excluding hydrogens is 337 g/mol. The van der Waals surface area contributed by atoms with Crippen LogP contribution in [0.1, 0.15) is 22.8 Å². The van der Waals surface area contributed by atoms with E-state index >= 15 is 0 Å². The van der Waals surface area contributed by atoms with E-state index in [2.05, 4.69) is 0 Å². The van der Waals surface area contributed by atoms with Crippen molar-refractivity contribution in [1.29, 1.82) is 5.26 Å². The quantitative estimate of drug-likeness (QED) is 0.680. The predicted molar refractivity (Wildman–Crippen MR) is 81.0 cm³/mol. The highest BCUT2D eigenvalue weighted by molar-refractivity contribution is 5.97. The fraction of sp³-hybridized carbons (Fsp3) is 0.118. The summed E-state index contributed by atoms with van der Waals surface area (Å²) in [5, 5.41) is 10.7. The Labute approximate surface area is 140 Å². The molecule has 2 aromatic rings. The number of ether oxygens (including phenoxy) is 1. The van der Waals surface area contributed by atoms with Gasteiger partial charge in [-0.2, -0.15) is 5.26 Å². The van der Waals surface area contributed by atoms with Crippen molar-refractivity contribution in [2.24, 2.45) is 0 Å². The summed E-state index contributed by atoms with van der Waals surface area (Å²) in [5.41, 5.74) is -0.126. The first-order chi connectivity index (χ1) is 11.8. The SMILES string of the molecule is C[C@@H](OC(=O)c1ccc(C#N)cc1)C(=O)Nc1ccc(F)c(F)c1F. The molecular formula is C17H11F3N2O3. The number of esters is 1. The van der Waals surface area contributed by atoms with Gasteiger partial charge in [0.2, 0.25) is 0 Å². The van der Waals surface area contributed by atoms with Gasteiger partial charge in [-0.05, 0) is 43.3 Å². The number of benzene rings is 2. The molecule has 0 heterocycles. The molecule has 0 aliphatic rings. The average Bonchev–Trinajstić information content (AvgIpc) is 2.62. The Morgan fingerprint density at radius 1 is 1.08 bits per heavy atom. The maximum Gasteiger partial charge on any atom is 0.338 e. The Balaban J connectivity index is 2.03. The van der Waals surface area contributed by atoms with E-state index in [0.717, 1.165) is 6.07 Å². The summed E-state index contributed by atoms with van der Waals surface area (Å²) in [6.07, 6.45) is -1.32. The zero-order valence-electron chi connectivity index (χ0n) is 12.8. The predicted octanol–water partition coefficient (Wildman–Crippen LogP) is 3.16. The van der Waals surface area contributed by atoms with Gasteiger partial charge in [-0.15, -0.1) is 0 Å². The first-order valence-electron chi connectivity index (χ1n) is 6.99. The maximum atomic E-state index is 13.5. The number of amides is 1. The molecule has 0 bridgehead atoms. The number of carbonyl (C=O) groups excluding carboxylic acids is 2. The standard InChI is InChI=1S/C17H11F3N2O3/c1-9(25-17(24)11-4-2-10(8-21)3-5-11)16(23)22-13-7-6-12(18)14(19)15(13)20/h2-7,9H,1H3,(H,22,23)/t9-/m1/s1. The van der Waals surface area contributed by atoms with Crippen LogP contribution in [-0.4, -0.2) is 18.0 Å². The number of nitrogens with one attached hydrogen (secondary N) is 1. The summed E-state index contributed by atoms with van der Waals surface area (Å²) in [4.78, 5) is 23.8. The van der Waals surface area contributed by atoms with Gasteiger partial charge in [0, 0.05) is 0 Å². The molecule has 0 radical (unpaired) electrons. The number of nitrogens with zero attached hydrogens (tertiary/aromatic N) is 1. The largest absolute Gasteiger partial charge is 0.449 e. The second-order valence-corrected chi connectivity index (χ2v) is 4.95. The van der Waals surface area contributed by atoms with E-state index in [1.807, 2.05) is 11.4 Å². The number of nitriles is 1. The molecule has 0 saturated heterocycles. The molecule has 25 heavy (non-hydrogen) atoms. The molecule has 2 rings (SSSR count). The van der Waals surface area contributed by atoms with E-state index in [4.69, 9.17) is 10.00 Å². The summed E-state index contributed by atoms with van der Waals surface area (Å²) in [5.74, 6) is -6.43. The van der Waals surface area contributed by atoms with Crippen molar-refractivity contribution in [3.8, 4) is 6.07 Å². The Kier molecular flexibility index (Phi) is 5.39. The topological polar surface area (TPSA) is 79.2 Å². The van der Waals surface area contributed by atoms with Crippen molar-refractivity contribution >= 4 is 17.6 Å². The summed E-state index contributed by atoms with van der Waals surface area (Å²) >= 11 is 0. The molecule has 2 aromatic carbocycles. The van der Waals surface area contributed by atoms with Crippen molar-refractivity contribution in [2.75, 3.05) is 5.32 Å². The monoisotopic (exact) mass is 348 g/mol. The van der Waals surface area contributed by atoms with E-state index < -0.39 is 41.1 Å². The molecule has 128 valence electrons. The number of carbonyl (C=O) groups is 2. The minimum absolute atomic E-state index is 0.109. The molecule has 1 N–H and O–H groups in total. The number of hydrogen-bond donors (Lipinski definition) is 1. The van der Waals surface area contributed by atoms with Crippen LogP contribution in [0.2, 0.25) is 0 Å². The first kappa shape index (κ1) is 18.0.